The monoisotopic (exact) mass is 507 g/mol. The highest BCUT2D eigenvalue weighted by Crippen LogP contribution is 2.44. The summed E-state index contributed by atoms with van der Waals surface area (Å²) in [6.07, 6.45) is 0. The third kappa shape index (κ3) is 4.32. The van der Waals surface area contributed by atoms with Crippen LogP contribution < -0.4 is 4.74 Å². The molecule has 0 saturated carbocycles. The first-order valence-electron chi connectivity index (χ1n) is 11.8. The van der Waals surface area contributed by atoms with Crippen molar-refractivity contribution < 1.29 is 24.9 Å². The van der Waals surface area contributed by atoms with E-state index < -0.39 is 5.97 Å². The summed E-state index contributed by atoms with van der Waals surface area (Å²) in [5.41, 5.74) is 5.10. The molecule has 8 nitrogen and oxygen atoms in total. The van der Waals surface area contributed by atoms with Crippen LogP contribution in [0.5, 0.6) is 17.4 Å². The van der Waals surface area contributed by atoms with E-state index in [1.54, 1.807) is 54.1 Å². The van der Waals surface area contributed by atoms with Crippen molar-refractivity contribution in [2.24, 2.45) is 10.2 Å². The molecule has 4 aromatic carbocycles. The molecule has 5 aromatic rings. The number of aromatic carboxylic acids is 1. The van der Waals surface area contributed by atoms with Crippen LogP contribution in [0.4, 0.5) is 11.4 Å². The van der Waals surface area contributed by atoms with E-state index in [9.17, 15) is 20.1 Å². The number of para-hydroxylation sites is 1. The molecule has 3 N–H and O–H groups in total. The number of benzene rings is 4. The molecule has 1 heterocycles. The van der Waals surface area contributed by atoms with Crippen LogP contribution in [0.15, 0.2) is 89.1 Å². The van der Waals surface area contributed by atoms with Crippen LogP contribution >= 0.6 is 0 Å². The number of azo groups is 1. The van der Waals surface area contributed by atoms with Crippen molar-refractivity contribution in [3.63, 3.8) is 0 Å². The van der Waals surface area contributed by atoms with Gasteiger partial charge in [0.2, 0.25) is 5.88 Å². The van der Waals surface area contributed by atoms with E-state index in [1.807, 2.05) is 38.1 Å². The molecule has 1 aromatic heterocycles. The molecule has 0 aliphatic carbocycles. The maximum atomic E-state index is 11.4. The van der Waals surface area contributed by atoms with Gasteiger partial charge in [-0.15, -0.1) is 10.2 Å². The quantitative estimate of drug-likeness (QED) is 0.206. The number of fused-ring (bicyclic) bond motifs is 1. The van der Waals surface area contributed by atoms with Gasteiger partial charge in [0.15, 0.2) is 11.4 Å². The Balaban J connectivity index is 1.63. The number of carboxylic acid groups (broad SMARTS) is 1. The molecule has 0 fully saturated rings. The lowest BCUT2D eigenvalue weighted by Gasteiger charge is -2.10. The molecule has 5 rings (SSSR count). The van der Waals surface area contributed by atoms with Gasteiger partial charge in [0.05, 0.1) is 18.2 Å². The van der Waals surface area contributed by atoms with Crippen molar-refractivity contribution in [2.45, 2.75) is 13.8 Å². The standard InChI is InChI=1S/C30H25N3O5/c1-17-10-11-21(14-18(17)2)33-26-16-22(38-3)12-13-24(26)27(29(33)35)32-31-25-9-5-8-23(28(25)34)19-6-4-7-20(15-19)30(36)37/h4-16,34-35H,1-3H3,(H,36,37). The molecular formula is C30H25N3O5. The largest absolute Gasteiger partial charge is 0.505 e. The lowest BCUT2D eigenvalue weighted by molar-refractivity contribution is 0.0697. The maximum absolute atomic E-state index is 11.4. The third-order valence-electron chi connectivity index (χ3n) is 6.57. The number of hydrogen-bond donors (Lipinski definition) is 3. The van der Waals surface area contributed by atoms with Gasteiger partial charge in [-0.1, -0.05) is 30.3 Å². The fourth-order valence-corrected chi connectivity index (χ4v) is 4.36. The average molecular weight is 508 g/mol. The van der Waals surface area contributed by atoms with Crippen molar-refractivity contribution in [3.05, 3.63) is 95.6 Å². The minimum atomic E-state index is -1.06. The fourth-order valence-electron chi connectivity index (χ4n) is 4.36. The number of aromatic hydroxyl groups is 2. The van der Waals surface area contributed by atoms with Crippen molar-refractivity contribution in [3.8, 4) is 34.2 Å². The zero-order valence-electron chi connectivity index (χ0n) is 21.0. The minimum absolute atomic E-state index is 0.105. The smallest absolute Gasteiger partial charge is 0.335 e. The van der Waals surface area contributed by atoms with Gasteiger partial charge < -0.3 is 20.1 Å². The third-order valence-corrected chi connectivity index (χ3v) is 6.57. The zero-order valence-corrected chi connectivity index (χ0v) is 21.0. The van der Waals surface area contributed by atoms with Gasteiger partial charge in [-0.3, -0.25) is 4.57 Å². The van der Waals surface area contributed by atoms with E-state index in [0.29, 0.717) is 27.8 Å². The van der Waals surface area contributed by atoms with E-state index in [4.69, 9.17) is 4.74 Å². The van der Waals surface area contributed by atoms with Crippen LogP contribution in [0.3, 0.4) is 0 Å². The van der Waals surface area contributed by atoms with Gasteiger partial charge >= 0.3 is 5.97 Å². The van der Waals surface area contributed by atoms with Gasteiger partial charge in [-0.25, -0.2) is 4.79 Å². The van der Waals surface area contributed by atoms with Crippen LogP contribution in [0, 0.1) is 13.8 Å². The number of carboxylic acids is 1. The molecule has 0 bridgehead atoms. The summed E-state index contributed by atoms with van der Waals surface area (Å²) in [4.78, 5) is 11.4. The number of rotatable bonds is 6. The number of phenolic OH excluding ortho intramolecular Hbond substituents is 1. The normalized spacial score (nSPS) is 11.3. The predicted octanol–water partition coefficient (Wildman–Crippen LogP) is 7.45. The molecule has 0 radical (unpaired) electrons. The number of carbonyl (C=O) groups is 1. The Morgan fingerprint density at radius 1 is 0.868 bits per heavy atom. The van der Waals surface area contributed by atoms with Gasteiger partial charge in [-0.2, -0.15) is 0 Å². The molecule has 0 amide bonds. The number of nitrogens with zero attached hydrogens (tertiary/aromatic N) is 3. The van der Waals surface area contributed by atoms with Gasteiger partial charge in [0, 0.05) is 22.7 Å². The molecule has 190 valence electrons. The maximum Gasteiger partial charge on any atom is 0.335 e. The number of ether oxygens (including phenoxy) is 1. The summed E-state index contributed by atoms with van der Waals surface area (Å²) in [5, 5.41) is 40.8. The number of methoxy groups -OCH3 is 1. The summed E-state index contributed by atoms with van der Waals surface area (Å²) in [7, 11) is 1.58. The van der Waals surface area contributed by atoms with E-state index >= 15 is 0 Å². The Bertz CT molecular complexity index is 1740. The molecule has 0 atom stereocenters. The molecule has 0 aliphatic rings. The van der Waals surface area contributed by atoms with Crippen molar-refractivity contribution >= 4 is 28.2 Å². The molecule has 0 unspecified atom stereocenters. The van der Waals surface area contributed by atoms with Crippen LogP contribution in [0.1, 0.15) is 21.5 Å². The van der Waals surface area contributed by atoms with Crippen LogP contribution in [0.25, 0.3) is 27.7 Å². The highest BCUT2D eigenvalue weighted by molar-refractivity contribution is 5.97. The highest BCUT2D eigenvalue weighted by Gasteiger charge is 2.20. The number of phenols is 1. The summed E-state index contributed by atoms with van der Waals surface area (Å²) in [5.74, 6) is -0.699. The summed E-state index contributed by atoms with van der Waals surface area (Å²) >= 11 is 0. The van der Waals surface area contributed by atoms with E-state index in [2.05, 4.69) is 10.2 Å². The molecule has 0 spiro atoms. The highest BCUT2D eigenvalue weighted by atomic mass is 16.5. The second kappa shape index (κ2) is 9.74. The second-order valence-corrected chi connectivity index (χ2v) is 8.92. The topological polar surface area (TPSA) is 117 Å². The Morgan fingerprint density at radius 2 is 1.66 bits per heavy atom. The lowest BCUT2D eigenvalue weighted by atomic mass is 10.0. The molecule has 38 heavy (non-hydrogen) atoms. The van der Waals surface area contributed by atoms with Crippen LogP contribution in [-0.4, -0.2) is 33.0 Å². The Labute approximate surface area is 218 Å². The van der Waals surface area contributed by atoms with Gasteiger partial charge in [-0.05, 0) is 73.0 Å². The first-order valence-corrected chi connectivity index (χ1v) is 11.8. The second-order valence-electron chi connectivity index (χ2n) is 8.92. The van der Waals surface area contributed by atoms with Crippen molar-refractivity contribution in [1.82, 2.24) is 4.57 Å². The zero-order chi connectivity index (χ0) is 27.0. The number of aryl methyl sites for hydroxylation is 2. The van der Waals surface area contributed by atoms with Crippen molar-refractivity contribution in [1.29, 1.82) is 0 Å². The van der Waals surface area contributed by atoms with E-state index in [-0.39, 0.29) is 28.6 Å². The van der Waals surface area contributed by atoms with Crippen LogP contribution in [-0.2, 0) is 0 Å². The number of hydrogen-bond acceptors (Lipinski definition) is 6. The summed E-state index contributed by atoms with van der Waals surface area (Å²) in [6.45, 7) is 4.03. The first kappa shape index (κ1) is 24.6. The fraction of sp³-hybridized carbons (Fsp3) is 0.100. The minimum Gasteiger partial charge on any atom is -0.505 e. The van der Waals surface area contributed by atoms with Crippen molar-refractivity contribution in [2.75, 3.05) is 7.11 Å². The average Bonchev–Trinajstić information content (AvgIpc) is 3.19. The summed E-state index contributed by atoms with van der Waals surface area (Å²) < 4.78 is 7.10. The molecule has 0 saturated heterocycles. The molecular weight excluding hydrogens is 482 g/mol. The SMILES string of the molecule is COc1ccc2c(N=Nc3cccc(-c4cccc(C(=O)O)c4)c3O)c(O)n(-c3ccc(C)c(C)c3)c2c1. The predicted molar refractivity (Wildman–Crippen MR) is 146 cm³/mol. The van der Waals surface area contributed by atoms with E-state index in [0.717, 1.165) is 16.8 Å². The first-order chi connectivity index (χ1) is 18.3. The molecule has 0 aliphatic heterocycles. The Morgan fingerprint density at radius 3 is 2.39 bits per heavy atom. The number of aromatic nitrogens is 1. The van der Waals surface area contributed by atoms with Crippen LogP contribution in [0.2, 0.25) is 0 Å². The lowest BCUT2D eigenvalue weighted by Crippen LogP contribution is -1.95. The Kier molecular flexibility index (Phi) is 6.30. The summed E-state index contributed by atoms with van der Waals surface area (Å²) in [6, 6.07) is 22.5. The Hall–Kier alpha value is -5.11. The van der Waals surface area contributed by atoms with Gasteiger partial charge in [0.1, 0.15) is 11.4 Å². The molecule has 8 heteroatoms. The van der Waals surface area contributed by atoms with Gasteiger partial charge in [0.25, 0.3) is 0 Å². The van der Waals surface area contributed by atoms with E-state index in [1.165, 1.54) is 12.1 Å².